The minimum atomic E-state index is -1.73. The van der Waals surface area contributed by atoms with Gasteiger partial charge in [-0.2, -0.15) is 0 Å². The van der Waals surface area contributed by atoms with Gasteiger partial charge in [0.15, 0.2) is 8.32 Å². The van der Waals surface area contributed by atoms with E-state index in [1.807, 2.05) is 6.92 Å². The molecule has 0 saturated carbocycles. The smallest absolute Gasteiger partial charge is 0.191 e. The Morgan fingerprint density at radius 1 is 1.12 bits per heavy atom. The molecule has 5 nitrogen and oxygen atoms in total. The summed E-state index contributed by atoms with van der Waals surface area (Å²) in [5, 5.41) is 0.221. The van der Waals surface area contributed by atoms with Gasteiger partial charge >= 0.3 is 0 Å². The van der Waals surface area contributed by atoms with Crippen LogP contribution in [0.1, 0.15) is 47.0 Å². The van der Waals surface area contributed by atoms with Gasteiger partial charge in [-0.3, -0.25) is 0 Å². The zero-order chi connectivity index (χ0) is 19.6. The summed E-state index contributed by atoms with van der Waals surface area (Å²) in [5.41, 5.74) is 0. The summed E-state index contributed by atoms with van der Waals surface area (Å²) in [5.74, 6) is 0. The second-order valence-corrected chi connectivity index (χ2v) is 13.2. The molecule has 0 radical (unpaired) electrons. The van der Waals surface area contributed by atoms with Crippen molar-refractivity contribution < 1.29 is 23.4 Å². The summed E-state index contributed by atoms with van der Waals surface area (Å²) in [7, 11) is -0.0672. The molecule has 1 aliphatic rings. The predicted molar refractivity (Wildman–Crippen MR) is 108 cm³/mol. The zero-order valence-electron chi connectivity index (χ0n) is 17.9. The van der Waals surface area contributed by atoms with E-state index in [-0.39, 0.29) is 30.1 Å². The lowest BCUT2D eigenvalue weighted by molar-refractivity contribution is -0.174. The third kappa shape index (κ3) is 8.19. The standard InChI is InChI=1S/C20H40O5Si/c1-8-9-17-10-11-18(23-16-22-15-14-21-5)19(25-17)12-13-24-26(6,7)20(2,3)4/h8-9,17-19H,10-16H2,1-7H3/b9-8+/t17-,18-,19-/m1/s1. The molecule has 1 fully saturated rings. The van der Waals surface area contributed by atoms with Crippen molar-refractivity contribution in [3.8, 4) is 0 Å². The van der Waals surface area contributed by atoms with Crippen LogP contribution >= 0.6 is 0 Å². The number of allylic oxidation sites excluding steroid dienone is 1. The second kappa shape index (κ2) is 11.6. The average Bonchev–Trinajstić information content (AvgIpc) is 2.55. The molecule has 26 heavy (non-hydrogen) atoms. The summed E-state index contributed by atoms with van der Waals surface area (Å²) >= 11 is 0. The van der Waals surface area contributed by atoms with E-state index in [0.29, 0.717) is 19.8 Å². The van der Waals surface area contributed by atoms with Crippen LogP contribution in [-0.4, -0.2) is 60.4 Å². The van der Waals surface area contributed by atoms with E-state index in [1.54, 1.807) is 7.11 Å². The SMILES string of the molecule is C/C=C/[C@@H]1CC[C@@H](OCOCCOC)[C@@H](CCO[Si](C)(C)C(C)(C)C)O1. The first kappa shape index (κ1) is 23.8. The highest BCUT2D eigenvalue weighted by Crippen LogP contribution is 2.37. The largest absolute Gasteiger partial charge is 0.417 e. The van der Waals surface area contributed by atoms with Gasteiger partial charge in [0, 0.05) is 13.7 Å². The molecule has 0 amide bonds. The van der Waals surface area contributed by atoms with Crippen molar-refractivity contribution in [2.45, 2.75) is 83.4 Å². The van der Waals surface area contributed by atoms with E-state index in [9.17, 15) is 0 Å². The van der Waals surface area contributed by atoms with Crippen molar-refractivity contribution in [1.82, 2.24) is 0 Å². The molecule has 0 spiro atoms. The summed E-state index contributed by atoms with van der Waals surface area (Å²) < 4.78 is 29.0. The summed E-state index contributed by atoms with van der Waals surface area (Å²) in [4.78, 5) is 0. The van der Waals surface area contributed by atoms with E-state index < -0.39 is 8.32 Å². The lowest BCUT2D eigenvalue weighted by Gasteiger charge is -2.38. The highest BCUT2D eigenvalue weighted by atomic mass is 28.4. The van der Waals surface area contributed by atoms with Gasteiger partial charge in [0.25, 0.3) is 0 Å². The molecular formula is C20H40O5Si. The zero-order valence-corrected chi connectivity index (χ0v) is 18.9. The Morgan fingerprint density at radius 3 is 2.46 bits per heavy atom. The van der Waals surface area contributed by atoms with E-state index in [2.05, 4.69) is 46.0 Å². The number of rotatable bonds is 11. The van der Waals surface area contributed by atoms with E-state index >= 15 is 0 Å². The third-order valence-electron chi connectivity index (χ3n) is 5.38. The van der Waals surface area contributed by atoms with E-state index in [4.69, 9.17) is 23.4 Å². The van der Waals surface area contributed by atoms with Crippen molar-refractivity contribution in [2.24, 2.45) is 0 Å². The predicted octanol–water partition coefficient (Wildman–Crippen LogP) is 4.53. The normalized spacial score (nSPS) is 25.1. The third-order valence-corrected chi connectivity index (χ3v) is 9.91. The fraction of sp³-hybridized carbons (Fsp3) is 0.900. The molecule has 0 bridgehead atoms. The second-order valence-electron chi connectivity index (χ2n) is 8.44. The van der Waals surface area contributed by atoms with Gasteiger partial charge in [-0.15, -0.1) is 0 Å². The van der Waals surface area contributed by atoms with Crippen LogP contribution in [0.3, 0.4) is 0 Å². The molecule has 0 N–H and O–H groups in total. The molecule has 0 aliphatic carbocycles. The van der Waals surface area contributed by atoms with Crippen LogP contribution in [0.2, 0.25) is 18.1 Å². The quantitative estimate of drug-likeness (QED) is 0.225. The van der Waals surface area contributed by atoms with Crippen molar-refractivity contribution in [3.63, 3.8) is 0 Å². The molecule has 1 saturated heterocycles. The number of hydrogen-bond donors (Lipinski definition) is 0. The first-order valence-electron chi connectivity index (χ1n) is 9.81. The monoisotopic (exact) mass is 388 g/mol. The summed E-state index contributed by atoms with van der Waals surface area (Å²) in [6, 6.07) is 0. The van der Waals surface area contributed by atoms with E-state index in [1.165, 1.54) is 0 Å². The Labute approximate surface area is 161 Å². The minimum absolute atomic E-state index is 0.0424. The maximum Gasteiger partial charge on any atom is 0.191 e. The van der Waals surface area contributed by atoms with Crippen LogP contribution in [0.5, 0.6) is 0 Å². The molecule has 3 atom stereocenters. The molecule has 0 unspecified atom stereocenters. The van der Waals surface area contributed by atoms with E-state index in [0.717, 1.165) is 19.3 Å². The molecule has 1 heterocycles. The fourth-order valence-corrected chi connectivity index (χ4v) is 3.74. The van der Waals surface area contributed by atoms with Crippen molar-refractivity contribution in [3.05, 3.63) is 12.2 Å². The molecule has 0 aromatic heterocycles. The van der Waals surface area contributed by atoms with Crippen molar-refractivity contribution >= 4 is 8.32 Å². The molecule has 1 aliphatic heterocycles. The van der Waals surface area contributed by atoms with Crippen LogP contribution in [0.4, 0.5) is 0 Å². The number of ether oxygens (including phenoxy) is 4. The fourth-order valence-electron chi connectivity index (χ4n) is 2.68. The summed E-state index contributed by atoms with van der Waals surface area (Å²) in [6.07, 6.45) is 7.27. The van der Waals surface area contributed by atoms with Gasteiger partial charge in [0.1, 0.15) is 6.79 Å². The number of methoxy groups -OCH3 is 1. The highest BCUT2D eigenvalue weighted by molar-refractivity contribution is 6.74. The Kier molecular flexibility index (Phi) is 10.6. The summed E-state index contributed by atoms with van der Waals surface area (Å²) in [6.45, 7) is 15.5. The lowest BCUT2D eigenvalue weighted by Crippen LogP contribution is -2.44. The Morgan fingerprint density at radius 2 is 1.85 bits per heavy atom. The van der Waals surface area contributed by atoms with Crippen LogP contribution in [-0.2, 0) is 23.4 Å². The Bertz CT molecular complexity index is 405. The van der Waals surface area contributed by atoms with Gasteiger partial charge in [0.05, 0.1) is 31.5 Å². The molecule has 0 aromatic rings. The van der Waals surface area contributed by atoms with Crippen LogP contribution in [0, 0.1) is 0 Å². The molecular weight excluding hydrogens is 348 g/mol. The lowest BCUT2D eigenvalue weighted by atomic mass is 9.98. The molecule has 154 valence electrons. The molecule has 0 aromatic carbocycles. The number of hydrogen-bond acceptors (Lipinski definition) is 5. The first-order valence-corrected chi connectivity index (χ1v) is 12.7. The van der Waals surface area contributed by atoms with Crippen LogP contribution in [0.15, 0.2) is 12.2 Å². The first-order chi connectivity index (χ1) is 12.2. The highest BCUT2D eigenvalue weighted by Gasteiger charge is 2.38. The van der Waals surface area contributed by atoms with Crippen LogP contribution in [0.25, 0.3) is 0 Å². The Hall–Kier alpha value is -0.243. The molecule has 1 rings (SSSR count). The van der Waals surface area contributed by atoms with Gasteiger partial charge in [-0.1, -0.05) is 32.9 Å². The van der Waals surface area contributed by atoms with Gasteiger partial charge in [-0.25, -0.2) is 0 Å². The maximum atomic E-state index is 6.34. The van der Waals surface area contributed by atoms with Crippen molar-refractivity contribution in [1.29, 1.82) is 0 Å². The van der Waals surface area contributed by atoms with Gasteiger partial charge in [0.2, 0.25) is 0 Å². The average molecular weight is 389 g/mol. The minimum Gasteiger partial charge on any atom is -0.417 e. The van der Waals surface area contributed by atoms with Gasteiger partial charge < -0.3 is 23.4 Å². The van der Waals surface area contributed by atoms with Gasteiger partial charge in [-0.05, 0) is 44.3 Å². The Balaban J connectivity index is 2.52. The van der Waals surface area contributed by atoms with Crippen LogP contribution < -0.4 is 0 Å². The maximum absolute atomic E-state index is 6.34. The topological polar surface area (TPSA) is 46.2 Å². The molecule has 6 heteroatoms. The van der Waals surface area contributed by atoms with Crippen molar-refractivity contribution in [2.75, 3.05) is 33.7 Å².